The molecule has 1 aliphatic rings. The van der Waals surface area contributed by atoms with E-state index in [1.165, 1.54) is 18.7 Å². The van der Waals surface area contributed by atoms with Crippen LogP contribution < -0.4 is 4.90 Å². The summed E-state index contributed by atoms with van der Waals surface area (Å²) in [4.78, 5) is 30.4. The normalized spacial score (nSPS) is 17.0. The highest BCUT2D eigenvalue weighted by atomic mass is 35.5. The van der Waals surface area contributed by atoms with Gasteiger partial charge in [-0.1, -0.05) is 41.9 Å². The van der Waals surface area contributed by atoms with Gasteiger partial charge < -0.3 is 15.1 Å². The number of aliphatic imine (C=N–C) groups is 1. The van der Waals surface area contributed by atoms with Gasteiger partial charge >= 0.3 is 5.97 Å². The summed E-state index contributed by atoms with van der Waals surface area (Å²) in [6.07, 6.45) is -0.229. The van der Waals surface area contributed by atoms with E-state index in [2.05, 4.69) is 4.99 Å². The number of halogens is 1. The minimum absolute atomic E-state index is 0.0348. The van der Waals surface area contributed by atoms with E-state index in [-0.39, 0.29) is 13.0 Å². The molecular weight excluding hydrogens is 380 g/mol. The van der Waals surface area contributed by atoms with E-state index in [0.29, 0.717) is 22.0 Å². The molecule has 0 aromatic heterocycles. The Kier molecular flexibility index (Phi) is 5.54. The van der Waals surface area contributed by atoms with Crippen LogP contribution in [-0.4, -0.2) is 46.0 Å². The number of aliphatic hydroxyl groups is 1. The topological polar surface area (TPSA) is 90.2 Å². The molecule has 2 aromatic rings. The van der Waals surface area contributed by atoms with Crippen LogP contribution >= 0.6 is 11.6 Å². The maximum atomic E-state index is 13.3. The molecule has 0 saturated carbocycles. The third kappa shape index (κ3) is 4.08. The van der Waals surface area contributed by atoms with E-state index in [1.807, 2.05) is 30.3 Å². The van der Waals surface area contributed by atoms with Crippen molar-refractivity contribution in [3.8, 4) is 0 Å². The molecule has 1 heterocycles. The molecule has 1 aliphatic heterocycles. The zero-order valence-electron chi connectivity index (χ0n) is 15.6. The summed E-state index contributed by atoms with van der Waals surface area (Å²) in [5.74, 6) is -1.47. The Morgan fingerprint density at radius 3 is 2.50 bits per heavy atom. The van der Waals surface area contributed by atoms with Crippen LogP contribution in [0.5, 0.6) is 0 Å². The van der Waals surface area contributed by atoms with Crippen LogP contribution in [0.4, 0.5) is 5.69 Å². The van der Waals surface area contributed by atoms with Gasteiger partial charge in [-0.15, -0.1) is 0 Å². The summed E-state index contributed by atoms with van der Waals surface area (Å²) in [5, 5.41) is 20.2. The maximum absolute atomic E-state index is 13.3. The summed E-state index contributed by atoms with van der Waals surface area (Å²) in [5.41, 5.74) is 0.989. The van der Waals surface area contributed by atoms with Crippen molar-refractivity contribution in [3.05, 3.63) is 64.7 Å². The van der Waals surface area contributed by atoms with Gasteiger partial charge in [0.15, 0.2) is 6.04 Å². The van der Waals surface area contributed by atoms with Crippen LogP contribution in [0.15, 0.2) is 53.5 Å². The quantitative estimate of drug-likeness (QED) is 0.806. The van der Waals surface area contributed by atoms with Crippen molar-refractivity contribution in [1.29, 1.82) is 0 Å². The molecule has 146 valence electrons. The predicted octanol–water partition coefficient (Wildman–Crippen LogP) is 3.14. The number of amides is 1. The van der Waals surface area contributed by atoms with Gasteiger partial charge in [0.25, 0.3) is 5.91 Å². The highest BCUT2D eigenvalue weighted by molar-refractivity contribution is 6.32. The predicted molar refractivity (Wildman–Crippen MR) is 108 cm³/mol. The van der Waals surface area contributed by atoms with Gasteiger partial charge in [-0.3, -0.25) is 14.6 Å². The molecule has 0 spiro atoms. The number of carboxylic acids is 1. The molecule has 0 radical (unpaired) electrons. The first kappa shape index (κ1) is 20.0. The number of nitrogens with zero attached hydrogens (tertiary/aromatic N) is 2. The smallest absolute Gasteiger partial charge is 0.305 e. The Morgan fingerprint density at radius 2 is 1.89 bits per heavy atom. The first-order chi connectivity index (χ1) is 13.2. The standard InChI is InChI=1S/C21H21ClN2O4/c1-21(2,28)19-20(27)24(11-10-17(25)26)16-9-8-14(22)12-15(16)18(23-19)13-6-4-3-5-7-13/h3-9,12,19,28H,10-11H2,1-2H3,(H,25,26)/t19-/m1/s1. The SMILES string of the molecule is CC(C)(O)[C@@H]1N=C(c2ccccc2)c2cc(Cl)ccc2N(CCC(=O)O)C1=O. The van der Waals surface area contributed by atoms with E-state index in [4.69, 9.17) is 16.7 Å². The Bertz CT molecular complexity index is 935. The fourth-order valence-corrected chi connectivity index (χ4v) is 3.35. The number of hydrogen-bond acceptors (Lipinski definition) is 4. The first-order valence-electron chi connectivity index (χ1n) is 8.87. The molecule has 0 aliphatic carbocycles. The average Bonchev–Trinajstić information content (AvgIpc) is 2.74. The second kappa shape index (κ2) is 7.73. The molecule has 28 heavy (non-hydrogen) atoms. The molecular formula is C21H21ClN2O4. The zero-order valence-corrected chi connectivity index (χ0v) is 16.3. The van der Waals surface area contributed by atoms with E-state index in [1.54, 1.807) is 18.2 Å². The monoisotopic (exact) mass is 400 g/mol. The Hall–Kier alpha value is -2.70. The molecule has 2 aromatic carbocycles. The fraction of sp³-hybridized carbons (Fsp3) is 0.286. The van der Waals surface area contributed by atoms with Crippen LogP contribution in [0.1, 0.15) is 31.4 Å². The highest BCUT2D eigenvalue weighted by Gasteiger charge is 2.40. The molecule has 3 rings (SSSR count). The molecule has 0 bridgehead atoms. The number of aliphatic carboxylic acids is 1. The summed E-state index contributed by atoms with van der Waals surface area (Å²) in [7, 11) is 0. The van der Waals surface area contributed by atoms with Crippen molar-refractivity contribution in [3.63, 3.8) is 0 Å². The van der Waals surface area contributed by atoms with Gasteiger partial charge in [-0.2, -0.15) is 0 Å². The van der Waals surface area contributed by atoms with Crippen LogP contribution in [0.3, 0.4) is 0 Å². The lowest BCUT2D eigenvalue weighted by atomic mass is 9.97. The zero-order chi connectivity index (χ0) is 20.5. The van der Waals surface area contributed by atoms with Gasteiger partial charge in [0.05, 0.1) is 23.4 Å². The molecule has 2 N–H and O–H groups in total. The van der Waals surface area contributed by atoms with E-state index >= 15 is 0 Å². The highest BCUT2D eigenvalue weighted by Crippen LogP contribution is 2.33. The summed E-state index contributed by atoms with van der Waals surface area (Å²) in [6, 6.07) is 13.3. The third-order valence-electron chi connectivity index (χ3n) is 4.53. The van der Waals surface area contributed by atoms with Crippen molar-refractivity contribution in [1.82, 2.24) is 0 Å². The number of benzodiazepines with no additional fused rings is 1. The number of carbonyl (C=O) groups excluding carboxylic acids is 1. The average molecular weight is 401 g/mol. The Labute approximate surface area is 168 Å². The van der Waals surface area contributed by atoms with Crippen molar-refractivity contribution in [2.45, 2.75) is 31.9 Å². The number of fused-ring (bicyclic) bond motifs is 1. The molecule has 0 fully saturated rings. The van der Waals surface area contributed by atoms with Crippen molar-refractivity contribution in [2.75, 3.05) is 11.4 Å². The number of rotatable bonds is 5. The number of anilines is 1. The molecule has 6 nitrogen and oxygen atoms in total. The van der Waals surface area contributed by atoms with Gasteiger partial charge in [0.1, 0.15) is 0 Å². The molecule has 1 amide bonds. The lowest BCUT2D eigenvalue weighted by Crippen LogP contribution is -2.49. The minimum atomic E-state index is -1.44. The molecule has 1 atom stereocenters. The molecule has 0 unspecified atom stereocenters. The summed E-state index contributed by atoms with van der Waals surface area (Å²) < 4.78 is 0. The van der Waals surface area contributed by atoms with Crippen molar-refractivity contribution >= 4 is 34.9 Å². The number of carbonyl (C=O) groups is 2. The van der Waals surface area contributed by atoms with E-state index in [0.717, 1.165) is 5.56 Å². The van der Waals surface area contributed by atoms with Gasteiger partial charge in [-0.05, 0) is 32.0 Å². The van der Waals surface area contributed by atoms with Gasteiger partial charge in [-0.25, -0.2) is 0 Å². The number of carboxylic acid groups (broad SMARTS) is 1. The van der Waals surface area contributed by atoms with Crippen molar-refractivity contribution < 1.29 is 19.8 Å². The van der Waals surface area contributed by atoms with E-state index < -0.39 is 23.5 Å². The second-order valence-corrected chi connectivity index (χ2v) is 7.63. The minimum Gasteiger partial charge on any atom is -0.481 e. The van der Waals surface area contributed by atoms with Crippen LogP contribution in [0.2, 0.25) is 5.02 Å². The number of benzene rings is 2. The molecule has 0 saturated heterocycles. The first-order valence-corrected chi connectivity index (χ1v) is 9.25. The second-order valence-electron chi connectivity index (χ2n) is 7.20. The summed E-state index contributed by atoms with van der Waals surface area (Å²) >= 11 is 6.22. The largest absolute Gasteiger partial charge is 0.481 e. The van der Waals surface area contributed by atoms with Gasteiger partial charge in [0.2, 0.25) is 0 Å². The third-order valence-corrected chi connectivity index (χ3v) is 4.76. The van der Waals surface area contributed by atoms with Gasteiger partial charge in [0, 0.05) is 22.7 Å². The van der Waals surface area contributed by atoms with Crippen LogP contribution in [0.25, 0.3) is 0 Å². The maximum Gasteiger partial charge on any atom is 0.305 e. The molecule has 7 heteroatoms. The Morgan fingerprint density at radius 1 is 1.21 bits per heavy atom. The lowest BCUT2D eigenvalue weighted by Gasteiger charge is -2.29. The Balaban J connectivity index is 2.25. The van der Waals surface area contributed by atoms with E-state index in [9.17, 15) is 14.7 Å². The lowest BCUT2D eigenvalue weighted by molar-refractivity contribution is -0.136. The van der Waals surface area contributed by atoms with Crippen molar-refractivity contribution in [2.24, 2.45) is 4.99 Å². The fourth-order valence-electron chi connectivity index (χ4n) is 3.18. The number of hydrogen-bond donors (Lipinski definition) is 2. The van der Waals surface area contributed by atoms with Crippen LogP contribution in [-0.2, 0) is 9.59 Å². The summed E-state index contributed by atoms with van der Waals surface area (Å²) in [6.45, 7) is 2.99. The van der Waals surface area contributed by atoms with Crippen LogP contribution in [0, 0.1) is 0 Å².